The molecule has 1 N–H and O–H groups in total. The summed E-state index contributed by atoms with van der Waals surface area (Å²) >= 11 is 2.12. The van der Waals surface area contributed by atoms with Crippen LogP contribution in [-0.4, -0.2) is 15.3 Å². The highest BCUT2D eigenvalue weighted by Crippen LogP contribution is 2.15. The van der Waals surface area contributed by atoms with E-state index in [1.165, 1.54) is 6.92 Å². The summed E-state index contributed by atoms with van der Waals surface area (Å²) in [6.45, 7) is 1.53. The smallest absolute Gasteiger partial charge is 0.159 e. The number of carbonyl (C=O) groups is 1. The fraction of sp³-hybridized carbons (Fsp3) is 0.300. The number of ketones is 1. The van der Waals surface area contributed by atoms with Gasteiger partial charge in [-0.05, 0) is 12.5 Å². The van der Waals surface area contributed by atoms with Crippen LogP contribution in [0.3, 0.4) is 0 Å². The first-order chi connectivity index (χ1) is 6.15. The zero-order chi connectivity index (χ0) is 9.84. The monoisotopic (exact) mass is 290 g/mol. The fourth-order valence-corrected chi connectivity index (χ4v) is 1.54. The van der Waals surface area contributed by atoms with Crippen molar-refractivity contribution in [3.8, 4) is 0 Å². The van der Waals surface area contributed by atoms with E-state index < -0.39 is 6.10 Å². The highest BCUT2D eigenvalue weighted by molar-refractivity contribution is 14.1. The second kappa shape index (κ2) is 4.72. The Balaban J connectivity index is 2.87. The maximum Gasteiger partial charge on any atom is 0.159 e. The molecule has 1 atom stereocenters. The Hall–Kier alpha value is -0.420. The van der Waals surface area contributed by atoms with E-state index in [0.717, 1.165) is 5.56 Å². The minimum Gasteiger partial charge on any atom is -0.388 e. The van der Waals surface area contributed by atoms with Crippen LogP contribution in [0.2, 0.25) is 0 Å². The molecule has 13 heavy (non-hydrogen) atoms. The third-order valence-electron chi connectivity index (χ3n) is 1.85. The summed E-state index contributed by atoms with van der Waals surface area (Å²) in [6, 6.07) is 7.07. The number of rotatable bonds is 3. The van der Waals surface area contributed by atoms with Crippen molar-refractivity contribution in [1.29, 1.82) is 0 Å². The standard InChI is InChI=1S/C10H11IO2/c1-7(12)8-2-4-9(5-3-8)10(13)6-11/h2-5,10,13H,6H2,1H3. The van der Waals surface area contributed by atoms with E-state index in [1.807, 2.05) is 0 Å². The molecule has 1 aromatic carbocycles. The van der Waals surface area contributed by atoms with Crippen LogP contribution < -0.4 is 0 Å². The maximum absolute atomic E-state index is 10.9. The van der Waals surface area contributed by atoms with E-state index >= 15 is 0 Å². The number of hydrogen-bond donors (Lipinski definition) is 1. The lowest BCUT2D eigenvalue weighted by molar-refractivity contribution is 0.101. The average Bonchev–Trinajstić information content (AvgIpc) is 2.17. The van der Waals surface area contributed by atoms with Gasteiger partial charge in [0.1, 0.15) is 0 Å². The quantitative estimate of drug-likeness (QED) is 0.527. The lowest BCUT2D eigenvalue weighted by atomic mass is 10.1. The van der Waals surface area contributed by atoms with Crippen molar-refractivity contribution in [2.24, 2.45) is 0 Å². The largest absolute Gasteiger partial charge is 0.388 e. The van der Waals surface area contributed by atoms with Crippen molar-refractivity contribution in [3.63, 3.8) is 0 Å². The van der Waals surface area contributed by atoms with Gasteiger partial charge in [0.15, 0.2) is 5.78 Å². The zero-order valence-electron chi connectivity index (χ0n) is 7.33. The Morgan fingerprint density at radius 1 is 1.46 bits per heavy atom. The van der Waals surface area contributed by atoms with Crippen molar-refractivity contribution >= 4 is 28.4 Å². The van der Waals surface area contributed by atoms with Crippen molar-refractivity contribution in [1.82, 2.24) is 0 Å². The Kier molecular flexibility index (Phi) is 3.87. The Morgan fingerprint density at radius 2 is 2.00 bits per heavy atom. The first-order valence-corrected chi connectivity index (χ1v) is 5.52. The SMILES string of the molecule is CC(=O)c1ccc(C(O)CI)cc1. The normalized spacial score (nSPS) is 12.5. The number of alkyl halides is 1. The van der Waals surface area contributed by atoms with Crippen LogP contribution in [0.15, 0.2) is 24.3 Å². The summed E-state index contributed by atoms with van der Waals surface area (Å²) in [5.74, 6) is 0.0514. The van der Waals surface area contributed by atoms with E-state index in [4.69, 9.17) is 0 Å². The van der Waals surface area contributed by atoms with Crippen molar-refractivity contribution in [3.05, 3.63) is 35.4 Å². The van der Waals surface area contributed by atoms with Crippen LogP contribution >= 0.6 is 22.6 Å². The van der Waals surface area contributed by atoms with Gasteiger partial charge in [0.2, 0.25) is 0 Å². The molecule has 1 aromatic rings. The molecule has 3 heteroatoms. The summed E-state index contributed by atoms with van der Waals surface area (Å²) < 4.78 is 0.664. The number of benzene rings is 1. The third-order valence-corrected chi connectivity index (χ3v) is 2.68. The van der Waals surface area contributed by atoms with E-state index in [-0.39, 0.29) is 5.78 Å². The fourth-order valence-electron chi connectivity index (χ4n) is 1.03. The summed E-state index contributed by atoms with van der Waals surface area (Å²) in [6.07, 6.45) is -0.429. The predicted octanol–water partition coefficient (Wildman–Crippen LogP) is 2.36. The van der Waals surface area contributed by atoms with E-state index in [1.54, 1.807) is 24.3 Å². The van der Waals surface area contributed by atoms with Crippen LogP contribution in [0.5, 0.6) is 0 Å². The Labute approximate surface area is 91.1 Å². The second-order valence-electron chi connectivity index (χ2n) is 2.85. The predicted molar refractivity (Wildman–Crippen MR) is 60.3 cm³/mol. The van der Waals surface area contributed by atoms with Gasteiger partial charge in [-0.25, -0.2) is 0 Å². The molecule has 0 heterocycles. The van der Waals surface area contributed by atoms with E-state index in [0.29, 0.717) is 9.99 Å². The molecule has 0 spiro atoms. The molecule has 0 aromatic heterocycles. The summed E-state index contributed by atoms with van der Waals surface area (Å²) in [5, 5.41) is 9.47. The highest BCUT2D eigenvalue weighted by atomic mass is 127. The molecule has 0 saturated heterocycles. The lowest BCUT2D eigenvalue weighted by Gasteiger charge is -2.06. The van der Waals surface area contributed by atoms with Gasteiger partial charge in [0.25, 0.3) is 0 Å². The summed E-state index contributed by atoms with van der Waals surface area (Å²) in [7, 11) is 0. The van der Waals surface area contributed by atoms with Gasteiger partial charge in [-0.2, -0.15) is 0 Å². The first-order valence-electron chi connectivity index (χ1n) is 4.00. The number of halogens is 1. The molecule has 0 bridgehead atoms. The molecule has 0 fully saturated rings. The van der Waals surface area contributed by atoms with Gasteiger partial charge < -0.3 is 5.11 Å². The molecule has 2 nitrogen and oxygen atoms in total. The molecule has 1 rings (SSSR count). The summed E-state index contributed by atoms with van der Waals surface area (Å²) in [5.41, 5.74) is 1.55. The van der Waals surface area contributed by atoms with E-state index in [9.17, 15) is 9.90 Å². The molecule has 0 saturated carbocycles. The van der Waals surface area contributed by atoms with Gasteiger partial charge in [0, 0.05) is 9.99 Å². The highest BCUT2D eigenvalue weighted by Gasteiger charge is 2.05. The molecule has 1 unspecified atom stereocenters. The van der Waals surface area contributed by atoms with Crippen LogP contribution in [0.25, 0.3) is 0 Å². The number of aliphatic hydroxyl groups excluding tert-OH is 1. The lowest BCUT2D eigenvalue weighted by Crippen LogP contribution is -1.99. The average molecular weight is 290 g/mol. The third kappa shape index (κ3) is 2.77. The zero-order valence-corrected chi connectivity index (χ0v) is 9.48. The van der Waals surface area contributed by atoms with Gasteiger partial charge in [-0.3, -0.25) is 4.79 Å². The molecule has 70 valence electrons. The van der Waals surface area contributed by atoms with E-state index in [2.05, 4.69) is 22.6 Å². The number of Topliss-reactive ketones (excluding diaryl/α,β-unsaturated/α-hetero) is 1. The van der Waals surface area contributed by atoms with Gasteiger partial charge in [0.05, 0.1) is 6.10 Å². The topological polar surface area (TPSA) is 37.3 Å². The number of aliphatic hydroxyl groups is 1. The maximum atomic E-state index is 10.9. The minimum atomic E-state index is -0.429. The molecule has 0 aliphatic carbocycles. The Bertz CT molecular complexity index is 292. The molecule has 0 radical (unpaired) electrons. The molecule has 0 amide bonds. The molecular formula is C10H11IO2. The van der Waals surface area contributed by atoms with Crippen LogP contribution in [-0.2, 0) is 0 Å². The van der Waals surface area contributed by atoms with Gasteiger partial charge in [-0.1, -0.05) is 46.9 Å². The van der Waals surface area contributed by atoms with Crippen LogP contribution in [0.1, 0.15) is 28.9 Å². The van der Waals surface area contributed by atoms with Crippen LogP contribution in [0, 0.1) is 0 Å². The van der Waals surface area contributed by atoms with Crippen molar-refractivity contribution < 1.29 is 9.90 Å². The first kappa shape index (κ1) is 10.7. The number of carbonyl (C=O) groups excluding carboxylic acids is 1. The van der Waals surface area contributed by atoms with Crippen molar-refractivity contribution in [2.75, 3.05) is 4.43 Å². The molecule has 0 aliphatic heterocycles. The van der Waals surface area contributed by atoms with Gasteiger partial charge in [-0.15, -0.1) is 0 Å². The summed E-state index contributed by atoms with van der Waals surface area (Å²) in [4.78, 5) is 10.9. The molecule has 0 aliphatic rings. The minimum absolute atomic E-state index is 0.0514. The number of hydrogen-bond acceptors (Lipinski definition) is 2. The molecular weight excluding hydrogens is 279 g/mol. The van der Waals surface area contributed by atoms with Gasteiger partial charge >= 0.3 is 0 Å². The Morgan fingerprint density at radius 3 is 2.38 bits per heavy atom. The van der Waals surface area contributed by atoms with Crippen LogP contribution in [0.4, 0.5) is 0 Å². The second-order valence-corrected chi connectivity index (χ2v) is 3.73. The van der Waals surface area contributed by atoms with Crippen molar-refractivity contribution in [2.45, 2.75) is 13.0 Å².